The summed E-state index contributed by atoms with van der Waals surface area (Å²) in [7, 11) is -6.13. The van der Waals surface area contributed by atoms with Gasteiger partial charge >= 0.3 is 0 Å². The lowest BCUT2D eigenvalue weighted by Crippen LogP contribution is -2.47. The van der Waals surface area contributed by atoms with E-state index in [2.05, 4.69) is 5.32 Å². The highest BCUT2D eigenvalue weighted by molar-refractivity contribution is 7.91. The zero-order valence-electron chi connectivity index (χ0n) is 12.8. The summed E-state index contributed by atoms with van der Waals surface area (Å²) < 4.78 is 48.2. The van der Waals surface area contributed by atoms with Gasteiger partial charge in [-0.25, -0.2) is 21.1 Å². The van der Waals surface area contributed by atoms with Gasteiger partial charge in [0.2, 0.25) is 10.0 Å². The molecule has 1 saturated heterocycles. The van der Waals surface area contributed by atoms with Gasteiger partial charge in [-0.3, -0.25) is 0 Å². The summed E-state index contributed by atoms with van der Waals surface area (Å²) in [5.41, 5.74) is 0. The lowest BCUT2D eigenvalue weighted by Gasteiger charge is -2.31. The average Bonchev–Trinajstić information content (AvgIpc) is 2.84. The number of nitrogens with zero attached hydrogens (tertiary/aromatic N) is 1. The molecule has 1 heterocycles. The molecule has 8 heteroatoms. The zero-order chi connectivity index (χ0) is 15.7. The molecule has 6 nitrogen and oxygen atoms in total. The van der Waals surface area contributed by atoms with Gasteiger partial charge in [-0.15, -0.1) is 0 Å². The fourth-order valence-electron chi connectivity index (χ4n) is 3.43. The van der Waals surface area contributed by atoms with Crippen LogP contribution < -0.4 is 5.32 Å². The summed E-state index contributed by atoms with van der Waals surface area (Å²) in [6.45, 7) is 1.82. The predicted molar refractivity (Wildman–Crippen MR) is 83.4 cm³/mol. The summed E-state index contributed by atoms with van der Waals surface area (Å²) in [5, 5.41) is 3.10. The fourth-order valence-corrected chi connectivity index (χ4v) is 5.77. The van der Waals surface area contributed by atoms with Crippen molar-refractivity contribution in [3.05, 3.63) is 0 Å². The minimum atomic E-state index is -3.10. The molecule has 2 fully saturated rings. The van der Waals surface area contributed by atoms with Gasteiger partial charge in [0.05, 0.1) is 11.5 Å². The van der Waals surface area contributed by atoms with Gasteiger partial charge in [-0.05, 0) is 31.7 Å². The Labute approximate surface area is 128 Å². The van der Waals surface area contributed by atoms with Crippen molar-refractivity contribution < 1.29 is 16.8 Å². The Morgan fingerprint density at radius 1 is 1.05 bits per heavy atom. The first-order valence-corrected chi connectivity index (χ1v) is 11.4. The van der Waals surface area contributed by atoms with E-state index in [-0.39, 0.29) is 17.2 Å². The Morgan fingerprint density at radius 2 is 1.71 bits per heavy atom. The highest BCUT2D eigenvalue weighted by Gasteiger charge is 2.34. The zero-order valence-corrected chi connectivity index (χ0v) is 14.4. The number of rotatable bonds is 5. The van der Waals surface area contributed by atoms with Crippen molar-refractivity contribution >= 4 is 19.9 Å². The first-order valence-electron chi connectivity index (χ1n) is 7.55. The molecule has 0 aromatic carbocycles. The molecule has 0 aromatic rings. The second kappa shape index (κ2) is 6.52. The molecule has 3 atom stereocenters. The van der Waals surface area contributed by atoms with Gasteiger partial charge in [-0.2, -0.15) is 0 Å². The topological polar surface area (TPSA) is 83.6 Å². The van der Waals surface area contributed by atoms with Crippen molar-refractivity contribution in [3.63, 3.8) is 0 Å². The smallest absolute Gasteiger partial charge is 0.211 e. The van der Waals surface area contributed by atoms with Crippen LogP contribution in [0.15, 0.2) is 0 Å². The number of sulfonamides is 1. The first-order chi connectivity index (χ1) is 9.68. The van der Waals surface area contributed by atoms with Crippen molar-refractivity contribution in [2.45, 2.75) is 43.4 Å². The van der Waals surface area contributed by atoms with Crippen LogP contribution in [-0.2, 0) is 19.9 Å². The van der Waals surface area contributed by atoms with Crippen LogP contribution in [0, 0.1) is 5.92 Å². The van der Waals surface area contributed by atoms with Crippen molar-refractivity contribution in [2.24, 2.45) is 5.92 Å². The van der Waals surface area contributed by atoms with Crippen LogP contribution in [0.4, 0.5) is 0 Å². The lowest BCUT2D eigenvalue weighted by molar-refractivity contribution is 0.347. The molecular weight excluding hydrogens is 312 g/mol. The molecule has 0 radical (unpaired) electrons. The molecule has 3 unspecified atom stereocenters. The van der Waals surface area contributed by atoms with Crippen molar-refractivity contribution in [1.82, 2.24) is 9.62 Å². The fraction of sp³-hybridized carbons (Fsp3) is 1.00. The van der Waals surface area contributed by atoms with Crippen LogP contribution in [0.5, 0.6) is 0 Å². The predicted octanol–water partition coefficient (Wildman–Crippen LogP) is 0.213. The highest BCUT2D eigenvalue weighted by Crippen LogP contribution is 2.25. The molecule has 124 valence electrons. The van der Waals surface area contributed by atoms with E-state index in [1.807, 2.05) is 0 Å². The molecule has 2 rings (SSSR count). The van der Waals surface area contributed by atoms with E-state index in [1.165, 1.54) is 16.8 Å². The molecule has 2 aliphatic rings. The van der Waals surface area contributed by atoms with Crippen molar-refractivity contribution in [2.75, 3.05) is 32.1 Å². The van der Waals surface area contributed by atoms with Crippen LogP contribution >= 0.6 is 0 Å². The van der Waals surface area contributed by atoms with Gasteiger partial charge in [0.25, 0.3) is 0 Å². The Morgan fingerprint density at radius 3 is 2.29 bits per heavy atom. The van der Waals surface area contributed by atoms with E-state index in [0.717, 1.165) is 32.1 Å². The molecule has 1 aliphatic carbocycles. The van der Waals surface area contributed by atoms with Gasteiger partial charge in [0.15, 0.2) is 9.84 Å². The Hall–Kier alpha value is -0.180. The van der Waals surface area contributed by atoms with Crippen LogP contribution in [0.2, 0.25) is 0 Å². The second-order valence-corrected chi connectivity index (χ2v) is 10.7. The normalized spacial score (nSPS) is 32.4. The Kier molecular flexibility index (Phi) is 5.33. The van der Waals surface area contributed by atoms with Crippen LogP contribution in [0.1, 0.15) is 32.1 Å². The average molecular weight is 338 g/mol. The number of nitrogens with one attached hydrogen (secondary N) is 1. The van der Waals surface area contributed by atoms with Crippen molar-refractivity contribution in [3.8, 4) is 0 Å². The summed E-state index contributed by atoms with van der Waals surface area (Å²) in [6.07, 6.45) is 7.06. The summed E-state index contributed by atoms with van der Waals surface area (Å²) >= 11 is 0. The lowest BCUT2D eigenvalue weighted by atomic mass is 9.94. The molecule has 0 spiro atoms. The summed E-state index contributed by atoms with van der Waals surface area (Å²) in [5.74, 6) is 0.280. The quantitative estimate of drug-likeness (QED) is 0.775. The monoisotopic (exact) mass is 338 g/mol. The molecule has 21 heavy (non-hydrogen) atoms. The molecule has 0 amide bonds. The van der Waals surface area contributed by atoms with E-state index >= 15 is 0 Å². The third-order valence-electron chi connectivity index (χ3n) is 4.64. The number of hydrogen-bond donors (Lipinski definition) is 1. The molecule has 0 bridgehead atoms. The Balaban J connectivity index is 1.88. The summed E-state index contributed by atoms with van der Waals surface area (Å²) in [4.78, 5) is 0. The SMILES string of the molecule is CS(=O)(=O)C1CCCCC1NCC1CCN(S(C)(=O)=O)C1. The molecule has 1 saturated carbocycles. The van der Waals surface area contributed by atoms with Gasteiger partial charge in [0.1, 0.15) is 0 Å². The third kappa shape index (κ3) is 4.64. The van der Waals surface area contributed by atoms with Gasteiger partial charge in [-0.1, -0.05) is 12.8 Å². The van der Waals surface area contributed by atoms with E-state index in [4.69, 9.17) is 0 Å². The minimum absolute atomic E-state index is 0.0148. The Bertz CT molecular complexity index is 559. The van der Waals surface area contributed by atoms with Crippen LogP contribution in [0.3, 0.4) is 0 Å². The second-order valence-electron chi connectivity index (χ2n) is 6.44. The maximum atomic E-state index is 11.8. The van der Waals surface area contributed by atoms with E-state index in [9.17, 15) is 16.8 Å². The maximum Gasteiger partial charge on any atom is 0.211 e. The molecule has 1 N–H and O–H groups in total. The standard InChI is InChI=1S/C13H26N2O4S2/c1-20(16,17)13-6-4-3-5-12(13)14-9-11-7-8-15(10-11)21(2,18)19/h11-14H,3-10H2,1-2H3. The van der Waals surface area contributed by atoms with Crippen molar-refractivity contribution in [1.29, 1.82) is 0 Å². The summed E-state index contributed by atoms with van der Waals surface area (Å²) in [6, 6.07) is 0.0148. The highest BCUT2D eigenvalue weighted by atomic mass is 32.2. The minimum Gasteiger partial charge on any atom is -0.312 e. The van der Waals surface area contributed by atoms with Gasteiger partial charge in [0, 0.05) is 25.4 Å². The van der Waals surface area contributed by atoms with E-state index < -0.39 is 19.9 Å². The molecule has 1 aliphatic heterocycles. The number of sulfone groups is 1. The number of hydrogen-bond acceptors (Lipinski definition) is 5. The molecular formula is C13H26N2O4S2. The van der Waals surface area contributed by atoms with Crippen LogP contribution in [-0.4, -0.2) is 64.6 Å². The van der Waals surface area contributed by atoms with Crippen LogP contribution in [0.25, 0.3) is 0 Å². The first kappa shape index (κ1) is 17.2. The van der Waals surface area contributed by atoms with Gasteiger partial charge < -0.3 is 5.32 Å². The van der Waals surface area contributed by atoms with E-state index in [1.54, 1.807) is 0 Å². The molecule has 0 aromatic heterocycles. The van der Waals surface area contributed by atoms with E-state index in [0.29, 0.717) is 19.6 Å². The maximum absolute atomic E-state index is 11.8. The largest absolute Gasteiger partial charge is 0.312 e. The third-order valence-corrected chi connectivity index (χ3v) is 7.57.